The summed E-state index contributed by atoms with van der Waals surface area (Å²) >= 11 is 0. The first-order valence-corrected chi connectivity index (χ1v) is 6.45. The second-order valence-corrected chi connectivity index (χ2v) is 4.28. The molecule has 0 aromatic carbocycles. The van der Waals surface area contributed by atoms with Crippen molar-refractivity contribution in [1.82, 2.24) is 14.8 Å². The molecule has 0 radical (unpaired) electrons. The summed E-state index contributed by atoms with van der Waals surface area (Å²) in [6, 6.07) is 6.21. The lowest BCUT2D eigenvalue weighted by Crippen LogP contribution is -2.07. The summed E-state index contributed by atoms with van der Waals surface area (Å²) in [5, 5.41) is 7.74. The lowest BCUT2D eigenvalue weighted by Gasteiger charge is -2.07. The monoisotopic (exact) mass is 244 g/mol. The van der Waals surface area contributed by atoms with Gasteiger partial charge in [0.1, 0.15) is 0 Å². The quantitative estimate of drug-likeness (QED) is 0.878. The third kappa shape index (κ3) is 2.70. The number of aromatic nitrogens is 3. The fraction of sp³-hybridized carbons (Fsp3) is 0.429. The number of aryl methyl sites for hydroxylation is 2. The normalized spacial score (nSPS) is 10.6. The van der Waals surface area contributed by atoms with Crippen LogP contribution in [0.2, 0.25) is 0 Å². The van der Waals surface area contributed by atoms with E-state index in [-0.39, 0.29) is 0 Å². The standard InChI is InChI=1S/C14H20N4/c1-4-11-9-14(5-2)18(17-11)10-13-8-12(15-3)6-7-16-13/h6-9H,4-5,10H2,1-3H3,(H,15,16). The largest absolute Gasteiger partial charge is 0.388 e. The maximum atomic E-state index is 4.61. The Kier molecular flexibility index (Phi) is 3.97. The zero-order valence-corrected chi connectivity index (χ0v) is 11.3. The highest BCUT2D eigenvalue weighted by molar-refractivity contribution is 5.42. The molecule has 0 spiro atoms. The van der Waals surface area contributed by atoms with Crippen LogP contribution in [0.1, 0.15) is 30.9 Å². The lowest BCUT2D eigenvalue weighted by atomic mass is 10.2. The molecule has 0 saturated carbocycles. The van der Waals surface area contributed by atoms with Crippen LogP contribution in [0.25, 0.3) is 0 Å². The molecule has 0 aliphatic carbocycles. The molecule has 0 aliphatic heterocycles. The number of nitrogens with one attached hydrogen (secondary N) is 1. The van der Waals surface area contributed by atoms with Crippen molar-refractivity contribution in [3.63, 3.8) is 0 Å². The van der Waals surface area contributed by atoms with E-state index in [1.54, 1.807) is 0 Å². The minimum absolute atomic E-state index is 0.735. The lowest BCUT2D eigenvalue weighted by molar-refractivity contribution is 0.630. The summed E-state index contributed by atoms with van der Waals surface area (Å²) in [4.78, 5) is 4.39. The SMILES string of the molecule is CCc1cc(CC)n(Cc2cc(NC)ccn2)n1. The molecule has 4 heteroatoms. The first-order chi connectivity index (χ1) is 8.76. The Morgan fingerprint density at radius 2 is 2.00 bits per heavy atom. The molecule has 0 saturated heterocycles. The van der Waals surface area contributed by atoms with Crippen LogP contribution < -0.4 is 5.32 Å². The van der Waals surface area contributed by atoms with Gasteiger partial charge in [-0.15, -0.1) is 0 Å². The summed E-state index contributed by atoms with van der Waals surface area (Å²) in [6.07, 6.45) is 3.81. The molecule has 0 aliphatic rings. The minimum Gasteiger partial charge on any atom is -0.388 e. The molecule has 4 nitrogen and oxygen atoms in total. The van der Waals surface area contributed by atoms with Crippen LogP contribution in [0.4, 0.5) is 5.69 Å². The van der Waals surface area contributed by atoms with Gasteiger partial charge in [-0.2, -0.15) is 5.10 Å². The third-order valence-electron chi connectivity index (χ3n) is 3.06. The Hall–Kier alpha value is -1.84. The number of hydrogen-bond acceptors (Lipinski definition) is 3. The van der Waals surface area contributed by atoms with E-state index >= 15 is 0 Å². The molecule has 96 valence electrons. The van der Waals surface area contributed by atoms with E-state index in [0.29, 0.717) is 0 Å². The van der Waals surface area contributed by atoms with Crippen molar-refractivity contribution >= 4 is 5.69 Å². The zero-order valence-electron chi connectivity index (χ0n) is 11.3. The number of rotatable bonds is 5. The molecule has 1 N–H and O–H groups in total. The van der Waals surface area contributed by atoms with Crippen molar-refractivity contribution in [3.8, 4) is 0 Å². The Labute approximate surface area is 108 Å². The summed E-state index contributed by atoms with van der Waals surface area (Å²) < 4.78 is 2.06. The summed E-state index contributed by atoms with van der Waals surface area (Å²) in [7, 11) is 1.92. The second-order valence-electron chi connectivity index (χ2n) is 4.28. The maximum absolute atomic E-state index is 4.61. The molecule has 2 aromatic heterocycles. The van der Waals surface area contributed by atoms with Gasteiger partial charge in [0.05, 0.1) is 17.9 Å². The summed E-state index contributed by atoms with van der Waals surface area (Å²) in [5.41, 5.74) is 4.53. The molecule has 0 bridgehead atoms. The van der Waals surface area contributed by atoms with Crippen molar-refractivity contribution in [3.05, 3.63) is 41.5 Å². The highest BCUT2D eigenvalue weighted by atomic mass is 15.3. The topological polar surface area (TPSA) is 42.7 Å². The van der Waals surface area contributed by atoms with E-state index in [2.05, 4.69) is 46.1 Å². The van der Waals surface area contributed by atoms with E-state index in [9.17, 15) is 0 Å². The van der Waals surface area contributed by atoms with Crippen LogP contribution in [0.15, 0.2) is 24.4 Å². The van der Waals surface area contributed by atoms with Gasteiger partial charge in [0.2, 0.25) is 0 Å². The number of pyridine rings is 1. The Morgan fingerprint density at radius 1 is 1.17 bits per heavy atom. The number of anilines is 1. The molecule has 0 amide bonds. The molecular weight excluding hydrogens is 224 g/mol. The molecule has 18 heavy (non-hydrogen) atoms. The van der Waals surface area contributed by atoms with E-state index in [1.165, 1.54) is 5.69 Å². The number of nitrogens with zero attached hydrogens (tertiary/aromatic N) is 3. The fourth-order valence-corrected chi connectivity index (χ4v) is 1.98. The Balaban J connectivity index is 2.24. The van der Waals surface area contributed by atoms with Crippen LogP contribution in [0.3, 0.4) is 0 Å². The smallest absolute Gasteiger partial charge is 0.0835 e. The van der Waals surface area contributed by atoms with Crippen molar-refractivity contribution in [2.45, 2.75) is 33.2 Å². The fourth-order valence-electron chi connectivity index (χ4n) is 1.98. The Bertz CT molecular complexity index is 516. The van der Waals surface area contributed by atoms with Crippen molar-refractivity contribution in [2.75, 3.05) is 12.4 Å². The molecule has 0 unspecified atom stereocenters. The van der Waals surface area contributed by atoms with Gasteiger partial charge in [0.15, 0.2) is 0 Å². The molecule has 2 heterocycles. The van der Waals surface area contributed by atoms with Crippen molar-refractivity contribution < 1.29 is 0 Å². The Morgan fingerprint density at radius 3 is 2.67 bits per heavy atom. The van der Waals surface area contributed by atoms with Gasteiger partial charge >= 0.3 is 0 Å². The van der Waals surface area contributed by atoms with Gasteiger partial charge in [-0.1, -0.05) is 13.8 Å². The third-order valence-corrected chi connectivity index (χ3v) is 3.06. The summed E-state index contributed by atoms with van der Waals surface area (Å²) in [6.45, 7) is 5.02. The van der Waals surface area contributed by atoms with Crippen LogP contribution >= 0.6 is 0 Å². The van der Waals surface area contributed by atoms with Crippen LogP contribution in [-0.4, -0.2) is 21.8 Å². The van der Waals surface area contributed by atoms with Crippen LogP contribution in [0, 0.1) is 0 Å². The van der Waals surface area contributed by atoms with E-state index in [0.717, 1.165) is 36.5 Å². The predicted molar refractivity (Wildman–Crippen MR) is 73.9 cm³/mol. The molecule has 0 atom stereocenters. The van der Waals surface area contributed by atoms with E-state index < -0.39 is 0 Å². The van der Waals surface area contributed by atoms with Gasteiger partial charge in [0.25, 0.3) is 0 Å². The van der Waals surface area contributed by atoms with Gasteiger partial charge in [-0.3, -0.25) is 9.67 Å². The zero-order chi connectivity index (χ0) is 13.0. The van der Waals surface area contributed by atoms with Crippen molar-refractivity contribution in [2.24, 2.45) is 0 Å². The average Bonchev–Trinajstić information content (AvgIpc) is 2.81. The summed E-state index contributed by atoms with van der Waals surface area (Å²) in [5.74, 6) is 0. The van der Waals surface area contributed by atoms with E-state index in [4.69, 9.17) is 0 Å². The van der Waals surface area contributed by atoms with Gasteiger partial charge in [-0.05, 0) is 31.0 Å². The van der Waals surface area contributed by atoms with Gasteiger partial charge < -0.3 is 5.32 Å². The molecule has 2 aromatic rings. The minimum atomic E-state index is 0.735. The van der Waals surface area contributed by atoms with Crippen LogP contribution in [0.5, 0.6) is 0 Å². The van der Waals surface area contributed by atoms with Crippen LogP contribution in [-0.2, 0) is 19.4 Å². The highest BCUT2D eigenvalue weighted by Gasteiger charge is 2.06. The van der Waals surface area contributed by atoms with Gasteiger partial charge in [-0.25, -0.2) is 0 Å². The first kappa shape index (κ1) is 12.6. The molecule has 0 fully saturated rings. The number of hydrogen-bond donors (Lipinski definition) is 1. The maximum Gasteiger partial charge on any atom is 0.0835 e. The first-order valence-electron chi connectivity index (χ1n) is 6.45. The van der Waals surface area contributed by atoms with E-state index in [1.807, 2.05) is 19.3 Å². The predicted octanol–water partition coefficient (Wildman–Crippen LogP) is 2.49. The molecule has 2 rings (SSSR count). The highest BCUT2D eigenvalue weighted by Crippen LogP contribution is 2.11. The second kappa shape index (κ2) is 5.67. The molecular formula is C14H20N4. The van der Waals surface area contributed by atoms with Crippen molar-refractivity contribution in [1.29, 1.82) is 0 Å². The van der Waals surface area contributed by atoms with Gasteiger partial charge in [0, 0.05) is 24.6 Å². The average molecular weight is 244 g/mol.